The first kappa shape index (κ1) is 18.6. The van der Waals surface area contributed by atoms with Crippen LogP contribution >= 0.6 is 0 Å². The maximum atomic E-state index is 13.1. The van der Waals surface area contributed by atoms with Gasteiger partial charge in [-0.15, -0.1) is 0 Å². The van der Waals surface area contributed by atoms with E-state index in [0.717, 1.165) is 50.4 Å². The summed E-state index contributed by atoms with van der Waals surface area (Å²) in [7, 11) is 0. The molecule has 0 saturated carbocycles. The van der Waals surface area contributed by atoms with Gasteiger partial charge in [-0.05, 0) is 51.0 Å². The van der Waals surface area contributed by atoms with Crippen LogP contribution in [0.25, 0.3) is 11.2 Å². The van der Waals surface area contributed by atoms with Crippen molar-refractivity contribution in [3.05, 3.63) is 40.7 Å². The zero-order valence-corrected chi connectivity index (χ0v) is 16.5. The van der Waals surface area contributed by atoms with Crippen LogP contribution in [0.1, 0.15) is 44.9 Å². The molecule has 1 aliphatic rings. The summed E-state index contributed by atoms with van der Waals surface area (Å²) in [4.78, 5) is 32.3. The van der Waals surface area contributed by atoms with E-state index in [4.69, 9.17) is 4.98 Å². The molecule has 4 heterocycles. The van der Waals surface area contributed by atoms with E-state index in [1.807, 2.05) is 19.1 Å². The quantitative estimate of drug-likeness (QED) is 0.682. The zero-order chi connectivity index (χ0) is 19.5. The van der Waals surface area contributed by atoms with Gasteiger partial charge in [-0.2, -0.15) is 4.98 Å². The predicted octanol–water partition coefficient (Wildman–Crippen LogP) is 2.87. The fourth-order valence-corrected chi connectivity index (χ4v) is 3.81. The monoisotopic (exact) mass is 381 g/mol. The Morgan fingerprint density at radius 1 is 1.18 bits per heavy atom. The number of H-pyrrole nitrogens is 1. The highest BCUT2D eigenvalue weighted by molar-refractivity contribution is 5.72. The van der Waals surface area contributed by atoms with E-state index in [0.29, 0.717) is 29.6 Å². The fourth-order valence-electron chi connectivity index (χ4n) is 3.81. The number of imidazole rings is 1. The molecule has 1 aliphatic heterocycles. The highest BCUT2D eigenvalue weighted by Crippen LogP contribution is 2.27. The van der Waals surface area contributed by atoms with Gasteiger partial charge in [-0.25, -0.2) is 4.98 Å². The van der Waals surface area contributed by atoms with Gasteiger partial charge in [0.2, 0.25) is 5.95 Å². The van der Waals surface area contributed by atoms with Crippen LogP contribution in [0.5, 0.6) is 0 Å². The summed E-state index contributed by atoms with van der Waals surface area (Å²) < 4.78 is 1.68. The molecule has 4 rings (SSSR count). The van der Waals surface area contributed by atoms with Gasteiger partial charge in [0.1, 0.15) is 5.82 Å². The van der Waals surface area contributed by atoms with Crippen molar-refractivity contribution in [3.8, 4) is 0 Å². The lowest BCUT2D eigenvalue weighted by Gasteiger charge is -2.29. The van der Waals surface area contributed by atoms with Gasteiger partial charge in [0, 0.05) is 30.5 Å². The molecule has 8 nitrogen and oxygen atoms in total. The van der Waals surface area contributed by atoms with E-state index in [-0.39, 0.29) is 5.56 Å². The minimum absolute atomic E-state index is 0.0758. The maximum absolute atomic E-state index is 13.1. The fraction of sp³-hybridized carbons (Fsp3) is 0.500. The molecular formula is C20H27N7O. The van der Waals surface area contributed by atoms with Crippen molar-refractivity contribution in [1.29, 1.82) is 0 Å². The Balaban J connectivity index is 1.70. The van der Waals surface area contributed by atoms with Crippen LogP contribution in [0.4, 0.5) is 11.6 Å². The highest BCUT2D eigenvalue weighted by atomic mass is 16.1. The molecule has 0 amide bonds. The summed E-state index contributed by atoms with van der Waals surface area (Å²) >= 11 is 0. The molecule has 0 bridgehead atoms. The molecule has 0 aromatic carbocycles. The van der Waals surface area contributed by atoms with Crippen molar-refractivity contribution in [1.82, 2.24) is 29.4 Å². The van der Waals surface area contributed by atoms with Crippen LogP contribution in [0, 0.1) is 0 Å². The van der Waals surface area contributed by atoms with E-state index in [1.165, 1.54) is 0 Å². The van der Waals surface area contributed by atoms with Gasteiger partial charge in [-0.3, -0.25) is 14.3 Å². The van der Waals surface area contributed by atoms with Crippen molar-refractivity contribution in [2.75, 3.05) is 25.0 Å². The standard InChI is InChI=1S/C20H27N7O/c1-3-11-27-19(28)16-18(25-20(27)22-15-5-9-21-10-6-15)24-17(23-16)14-7-12-26(4-2)13-8-14/h5-6,9-10,14H,3-4,7-8,11-13H2,1-2H3,(H,23,24)(H,21,22,25). The second-order valence-corrected chi connectivity index (χ2v) is 7.28. The zero-order valence-electron chi connectivity index (χ0n) is 16.5. The number of anilines is 2. The number of pyridine rings is 1. The van der Waals surface area contributed by atoms with Crippen LogP contribution in [-0.4, -0.2) is 49.0 Å². The molecule has 0 atom stereocenters. The topological polar surface area (TPSA) is 91.7 Å². The average molecular weight is 381 g/mol. The lowest BCUT2D eigenvalue weighted by molar-refractivity contribution is 0.219. The van der Waals surface area contributed by atoms with Crippen LogP contribution in [0.15, 0.2) is 29.3 Å². The SMILES string of the molecule is CCCn1c(Nc2ccncc2)nc2nc(C3CCN(CC)CC3)[nH]c2c1=O. The second kappa shape index (κ2) is 8.10. The van der Waals surface area contributed by atoms with Crippen LogP contribution in [0.3, 0.4) is 0 Å². The van der Waals surface area contributed by atoms with Crippen LogP contribution in [-0.2, 0) is 6.54 Å². The summed E-state index contributed by atoms with van der Waals surface area (Å²) in [5.74, 6) is 1.76. The molecule has 1 saturated heterocycles. The molecule has 1 fully saturated rings. The minimum atomic E-state index is -0.0758. The number of nitrogens with one attached hydrogen (secondary N) is 2. The molecule has 0 spiro atoms. The lowest BCUT2D eigenvalue weighted by atomic mass is 9.96. The molecule has 148 valence electrons. The van der Waals surface area contributed by atoms with Crippen molar-refractivity contribution in [2.45, 2.75) is 45.6 Å². The van der Waals surface area contributed by atoms with E-state index in [2.05, 4.69) is 32.1 Å². The van der Waals surface area contributed by atoms with Gasteiger partial charge >= 0.3 is 0 Å². The van der Waals surface area contributed by atoms with Gasteiger partial charge in [0.15, 0.2) is 11.2 Å². The number of hydrogen-bond acceptors (Lipinski definition) is 6. The van der Waals surface area contributed by atoms with Crippen molar-refractivity contribution in [3.63, 3.8) is 0 Å². The molecule has 3 aromatic rings. The first-order valence-electron chi connectivity index (χ1n) is 10.1. The van der Waals surface area contributed by atoms with E-state index in [1.54, 1.807) is 17.0 Å². The Morgan fingerprint density at radius 3 is 2.61 bits per heavy atom. The number of aromatic amines is 1. The van der Waals surface area contributed by atoms with Gasteiger partial charge in [0.25, 0.3) is 5.56 Å². The van der Waals surface area contributed by atoms with Crippen LogP contribution in [0.2, 0.25) is 0 Å². The number of nitrogens with zero attached hydrogens (tertiary/aromatic N) is 5. The van der Waals surface area contributed by atoms with Crippen molar-refractivity contribution < 1.29 is 0 Å². The van der Waals surface area contributed by atoms with Crippen molar-refractivity contribution in [2.24, 2.45) is 0 Å². The Hall–Kier alpha value is -2.74. The van der Waals surface area contributed by atoms with Crippen molar-refractivity contribution >= 4 is 22.8 Å². The number of hydrogen-bond donors (Lipinski definition) is 2. The highest BCUT2D eigenvalue weighted by Gasteiger charge is 2.24. The molecule has 0 radical (unpaired) electrons. The second-order valence-electron chi connectivity index (χ2n) is 7.28. The third-order valence-corrected chi connectivity index (χ3v) is 5.43. The summed E-state index contributed by atoms with van der Waals surface area (Å²) in [5, 5.41) is 3.24. The average Bonchev–Trinajstić information content (AvgIpc) is 3.16. The molecule has 28 heavy (non-hydrogen) atoms. The summed E-state index contributed by atoms with van der Waals surface area (Å²) in [6.45, 7) is 8.06. The number of piperidine rings is 1. The lowest BCUT2D eigenvalue weighted by Crippen LogP contribution is -2.32. The molecule has 8 heteroatoms. The first-order valence-corrected chi connectivity index (χ1v) is 10.1. The molecule has 0 aliphatic carbocycles. The summed E-state index contributed by atoms with van der Waals surface area (Å²) in [5.41, 5.74) is 1.76. The van der Waals surface area contributed by atoms with E-state index < -0.39 is 0 Å². The van der Waals surface area contributed by atoms with Crippen LogP contribution < -0.4 is 10.9 Å². The Morgan fingerprint density at radius 2 is 1.93 bits per heavy atom. The third-order valence-electron chi connectivity index (χ3n) is 5.43. The van der Waals surface area contributed by atoms with E-state index in [9.17, 15) is 4.79 Å². The number of aromatic nitrogens is 5. The van der Waals surface area contributed by atoms with Gasteiger partial charge in [-0.1, -0.05) is 13.8 Å². The van der Waals surface area contributed by atoms with Gasteiger partial charge < -0.3 is 15.2 Å². The number of likely N-dealkylation sites (tertiary alicyclic amines) is 1. The third kappa shape index (κ3) is 3.64. The Bertz CT molecular complexity index is 987. The predicted molar refractivity (Wildman–Crippen MR) is 110 cm³/mol. The molecular weight excluding hydrogens is 354 g/mol. The normalized spacial score (nSPS) is 15.9. The molecule has 0 unspecified atom stereocenters. The smallest absolute Gasteiger partial charge is 0.280 e. The maximum Gasteiger partial charge on any atom is 0.280 e. The number of rotatable bonds is 6. The Kier molecular flexibility index (Phi) is 5.38. The first-order chi connectivity index (χ1) is 13.7. The molecule has 2 N–H and O–H groups in total. The summed E-state index contributed by atoms with van der Waals surface area (Å²) in [6.07, 6.45) is 6.36. The minimum Gasteiger partial charge on any atom is -0.336 e. The summed E-state index contributed by atoms with van der Waals surface area (Å²) in [6, 6.07) is 3.70. The number of fused-ring (bicyclic) bond motifs is 1. The Labute approximate surface area is 164 Å². The van der Waals surface area contributed by atoms with E-state index >= 15 is 0 Å². The largest absolute Gasteiger partial charge is 0.336 e. The van der Waals surface area contributed by atoms with Gasteiger partial charge in [0.05, 0.1) is 0 Å². The molecule has 3 aromatic heterocycles.